The maximum atomic E-state index is 13.1. The molecule has 2 amide bonds. The third kappa shape index (κ3) is 4.69. The zero-order valence-electron chi connectivity index (χ0n) is 14.0. The van der Waals surface area contributed by atoms with Crippen molar-refractivity contribution in [2.24, 2.45) is 0 Å². The Bertz CT molecular complexity index is 742. The van der Waals surface area contributed by atoms with Gasteiger partial charge in [-0.2, -0.15) is 0 Å². The second kappa shape index (κ2) is 8.68. The Labute approximate surface area is 144 Å². The molecular weight excluding hydrogens is 327 g/mol. The number of carbonyl (C=O) groups is 2. The molecule has 0 saturated carbocycles. The molecule has 0 saturated heterocycles. The molecule has 0 radical (unpaired) electrons. The molecule has 0 aliphatic carbocycles. The minimum Gasteiger partial charge on any atom is -0.496 e. The van der Waals surface area contributed by atoms with Gasteiger partial charge in [-0.05, 0) is 30.3 Å². The van der Waals surface area contributed by atoms with Crippen LogP contribution in [-0.4, -0.2) is 39.1 Å². The predicted octanol–water partition coefficient (Wildman–Crippen LogP) is 2.00. The van der Waals surface area contributed by atoms with Gasteiger partial charge in [0.05, 0.1) is 14.2 Å². The molecule has 0 bridgehead atoms. The van der Waals surface area contributed by atoms with Crippen LogP contribution in [-0.2, 0) is 0 Å². The number of methoxy groups -OCH3 is 2. The Morgan fingerprint density at radius 3 is 2.04 bits per heavy atom. The molecule has 132 valence electrons. The van der Waals surface area contributed by atoms with Crippen molar-refractivity contribution in [2.75, 3.05) is 27.3 Å². The van der Waals surface area contributed by atoms with Gasteiger partial charge >= 0.3 is 0 Å². The van der Waals surface area contributed by atoms with Gasteiger partial charge in [0.15, 0.2) is 0 Å². The fourth-order valence-corrected chi connectivity index (χ4v) is 2.25. The van der Waals surface area contributed by atoms with Crippen molar-refractivity contribution in [2.45, 2.75) is 0 Å². The molecule has 0 fully saturated rings. The molecule has 6 nitrogen and oxygen atoms in total. The fourth-order valence-electron chi connectivity index (χ4n) is 2.25. The maximum absolute atomic E-state index is 13.1. The molecular formula is C18H19FN2O4. The largest absolute Gasteiger partial charge is 0.496 e. The van der Waals surface area contributed by atoms with E-state index >= 15 is 0 Å². The molecule has 2 aromatic carbocycles. The van der Waals surface area contributed by atoms with Gasteiger partial charge in [-0.25, -0.2) is 4.39 Å². The first kappa shape index (κ1) is 18.3. The van der Waals surface area contributed by atoms with E-state index in [4.69, 9.17) is 9.47 Å². The smallest absolute Gasteiger partial charge is 0.258 e. The average Bonchev–Trinajstić information content (AvgIpc) is 2.64. The lowest BCUT2D eigenvalue weighted by Gasteiger charge is -2.13. The first-order valence-corrected chi connectivity index (χ1v) is 7.59. The molecule has 0 spiro atoms. The molecule has 0 aromatic heterocycles. The fraction of sp³-hybridized carbons (Fsp3) is 0.222. The Morgan fingerprint density at radius 1 is 0.920 bits per heavy atom. The van der Waals surface area contributed by atoms with Gasteiger partial charge in [0.1, 0.15) is 22.9 Å². The summed E-state index contributed by atoms with van der Waals surface area (Å²) in [6.07, 6.45) is 0. The molecule has 0 aliphatic heterocycles. The van der Waals surface area contributed by atoms with Crippen molar-refractivity contribution in [3.63, 3.8) is 0 Å². The molecule has 0 aliphatic rings. The van der Waals surface area contributed by atoms with Crippen LogP contribution < -0.4 is 20.1 Å². The summed E-state index contributed by atoms with van der Waals surface area (Å²) >= 11 is 0. The number of amides is 2. The Kier molecular flexibility index (Phi) is 6.33. The summed E-state index contributed by atoms with van der Waals surface area (Å²) in [5.74, 6) is -0.497. The number of hydrogen-bond donors (Lipinski definition) is 2. The second-order valence-corrected chi connectivity index (χ2v) is 5.06. The highest BCUT2D eigenvalue weighted by Crippen LogP contribution is 2.27. The van der Waals surface area contributed by atoms with Crippen LogP contribution in [0.2, 0.25) is 0 Å². The zero-order valence-corrected chi connectivity index (χ0v) is 14.0. The monoisotopic (exact) mass is 346 g/mol. The molecule has 0 atom stereocenters. The molecule has 7 heteroatoms. The van der Waals surface area contributed by atoms with Crippen molar-refractivity contribution in [3.05, 3.63) is 59.4 Å². The number of halogens is 1. The Hall–Kier alpha value is -3.09. The van der Waals surface area contributed by atoms with E-state index in [1.165, 1.54) is 32.4 Å². The lowest BCUT2D eigenvalue weighted by molar-refractivity contribution is 0.0924. The summed E-state index contributed by atoms with van der Waals surface area (Å²) in [5, 5.41) is 5.29. The number of benzene rings is 2. The van der Waals surface area contributed by atoms with Crippen LogP contribution in [0.4, 0.5) is 4.39 Å². The number of nitrogens with one attached hydrogen (secondary N) is 2. The van der Waals surface area contributed by atoms with E-state index in [-0.39, 0.29) is 30.1 Å². The second-order valence-electron chi connectivity index (χ2n) is 5.06. The van der Waals surface area contributed by atoms with E-state index in [1.54, 1.807) is 18.2 Å². The quantitative estimate of drug-likeness (QED) is 0.752. The van der Waals surface area contributed by atoms with Gasteiger partial charge in [0, 0.05) is 18.7 Å². The topological polar surface area (TPSA) is 76.7 Å². The van der Waals surface area contributed by atoms with Crippen LogP contribution in [0.1, 0.15) is 20.7 Å². The standard InChI is InChI=1S/C18H19FN2O4/c1-24-14-7-4-8-15(25-2)16(14)18(23)21-10-9-20-17(22)12-5-3-6-13(19)11-12/h3-8,11H,9-10H2,1-2H3,(H,20,22)(H,21,23). The van der Waals surface area contributed by atoms with Crippen LogP contribution in [0.5, 0.6) is 11.5 Å². The third-order valence-electron chi connectivity index (χ3n) is 3.44. The zero-order chi connectivity index (χ0) is 18.2. The third-order valence-corrected chi connectivity index (χ3v) is 3.44. The highest BCUT2D eigenvalue weighted by Gasteiger charge is 2.17. The van der Waals surface area contributed by atoms with Crippen LogP contribution in [0, 0.1) is 5.82 Å². The predicted molar refractivity (Wildman–Crippen MR) is 90.6 cm³/mol. The van der Waals surface area contributed by atoms with E-state index < -0.39 is 11.7 Å². The summed E-state index contributed by atoms with van der Waals surface area (Å²) in [5.41, 5.74) is 0.502. The van der Waals surface area contributed by atoms with Gasteiger partial charge in [0.25, 0.3) is 11.8 Å². The van der Waals surface area contributed by atoms with Gasteiger partial charge < -0.3 is 20.1 Å². The maximum Gasteiger partial charge on any atom is 0.258 e. The molecule has 2 aromatic rings. The molecule has 2 rings (SSSR count). The summed E-state index contributed by atoms with van der Waals surface area (Å²) < 4.78 is 23.4. The number of ether oxygens (including phenoxy) is 2. The number of carbonyl (C=O) groups excluding carboxylic acids is 2. The normalized spacial score (nSPS) is 10.0. The lowest BCUT2D eigenvalue weighted by Crippen LogP contribution is -2.35. The van der Waals surface area contributed by atoms with E-state index in [0.29, 0.717) is 11.5 Å². The number of hydrogen-bond acceptors (Lipinski definition) is 4. The molecule has 0 heterocycles. The number of rotatable bonds is 7. The summed E-state index contributed by atoms with van der Waals surface area (Å²) in [7, 11) is 2.93. The van der Waals surface area contributed by atoms with Crippen molar-refractivity contribution in [3.8, 4) is 11.5 Å². The highest BCUT2D eigenvalue weighted by molar-refractivity contribution is 5.99. The average molecular weight is 346 g/mol. The van der Waals surface area contributed by atoms with E-state index in [1.807, 2.05) is 0 Å². The summed E-state index contributed by atoms with van der Waals surface area (Å²) in [4.78, 5) is 24.2. The Morgan fingerprint density at radius 2 is 1.48 bits per heavy atom. The van der Waals surface area contributed by atoms with Crippen molar-refractivity contribution in [1.29, 1.82) is 0 Å². The highest BCUT2D eigenvalue weighted by atomic mass is 19.1. The SMILES string of the molecule is COc1cccc(OC)c1C(=O)NCCNC(=O)c1cccc(F)c1. The van der Waals surface area contributed by atoms with Gasteiger partial charge in [-0.1, -0.05) is 12.1 Å². The van der Waals surface area contributed by atoms with Crippen LogP contribution in [0.3, 0.4) is 0 Å². The minimum atomic E-state index is -0.482. The van der Waals surface area contributed by atoms with Crippen molar-refractivity contribution in [1.82, 2.24) is 10.6 Å². The Balaban J connectivity index is 1.90. The molecule has 0 unspecified atom stereocenters. The van der Waals surface area contributed by atoms with E-state index in [9.17, 15) is 14.0 Å². The van der Waals surface area contributed by atoms with Crippen LogP contribution in [0.25, 0.3) is 0 Å². The van der Waals surface area contributed by atoms with Crippen LogP contribution >= 0.6 is 0 Å². The van der Waals surface area contributed by atoms with E-state index in [2.05, 4.69) is 10.6 Å². The van der Waals surface area contributed by atoms with Crippen LogP contribution in [0.15, 0.2) is 42.5 Å². The first-order chi connectivity index (χ1) is 12.1. The minimum absolute atomic E-state index is 0.193. The summed E-state index contributed by atoms with van der Waals surface area (Å²) in [6, 6.07) is 10.4. The first-order valence-electron chi connectivity index (χ1n) is 7.59. The van der Waals surface area contributed by atoms with Gasteiger partial charge in [0.2, 0.25) is 0 Å². The summed E-state index contributed by atoms with van der Waals surface area (Å²) in [6.45, 7) is 0.389. The lowest BCUT2D eigenvalue weighted by atomic mass is 10.1. The van der Waals surface area contributed by atoms with Gasteiger partial charge in [-0.3, -0.25) is 9.59 Å². The molecule has 2 N–H and O–H groups in total. The van der Waals surface area contributed by atoms with Crippen molar-refractivity contribution < 1.29 is 23.5 Å². The van der Waals surface area contributed by atoms with E-state index in [0.717, 1.165) is 6.07 Å². The van der Waals surface area contributed by atoms with Crippen molar-refractivity contribution >= 4 is 11.8 Å². The van der Waals surface area contributed by atoms with Gasteiger partial charge in [-0.15, -0.1) is 0 Å². The molecule has 25 heavy (non-hydrogen) atoms.